The van der Waals surface area contributed by atoms with Crippen LogP contribution in [0.5, 0.6) is 5.75 Å². The van der Waals surface area contributed by atoms with Crippen molar-refractivity contribution in [2.75, 3.05) is 25.2 Å². The molecule has 6 nitrogen and oxygen atoms in total. The second-order valence-corrected chi connectivity index (χ2v) is 10.4. The van der Waals surface area contributed by atoms with Gasteiger partial charge in [0, 0.05) is 36.1 Å². The van der Waals surface area contributed by atoms with Gasteiger partial charge in [-0.05, 0) is 86.1 Å². The van der Waals surface area contributed by atoms with Gasteiger partial charge in [-0.2, -0.15) is 0 Å². The Kier molecular flexibility index (Phi) is 8.21. The van der Waals surface area contributed by atoms with E-state index in [1.165, 1.54) is 28.2 Å². The number of pyridine rings is 1. The van der Waals surface area contributed by atoms with Crippen molar-refractivity contribution in [3.05, 3.63) is 106 Å². The highest BCUT2D eigenvalue weighted by atomic mass is 35.5. The predicted molar refractivity (Wildman–Crippen MR) is 161 cm³/mol. The molecule has 4 aromatic rings. The van der Waals surface area contributed by atoms with Crippen molar-refractivity contribution in [2.45, 2.75) is 39.3 Å². The Hall–Kier alpha value is -3.39. The monoisotopic (exact) mass is 560 g/mol. The van der Waals surface area contributed by atoms with Gasteiger partial charge in [-0.1, -0.05) is 42.8 Å². The fraction of sp³-hybridized carbons (Fsp3) is 0.290. The average Bonchev–Trinajstić information content (AvgIpc) is 3.44. The number of hydrogen-bond donors (Lipinski definition) is 1. The molecule has 0 bridgehead atoms. The van der Waals surface area contributed by atoms with E-state index >= 15 is 0 Å². The summed E-state index contributed by atoms with van der Waals surface area (Å²) in [7, 11) is 1.64. The van der Waals surface area contributed by atoms with Gasteiger partial charge in [0.2, 0.25) is 0 Å². The zero-order valence-electron chi connectivity index (χ0n) is 22.6. The first-order valence-electron chi connectivity index (χ1n) is 13.1. The Morgan fingerprint density at radius 2 is 1.82 bits per heavy atom. The number of para-hydroxylation sites is 1. The van der Waals surface area contributed by atoms with Crippen LogP contribution < -0.4 is 15.0 Å². The summed E-state index contributed by atoms with van der Waals surface area (Å²) >= 11 is 12.6. The predicted octanol–water partition coefficient (Wildman–Crippen LogP) is 6.91. The Morgan fingerprint density at radius 3 is 2.54 bits per heavy atom. The molecule has 39 heavy (non-hydrogen) atoms. The Morgan fingerprint density at radius 1 is 1.03 bits per heavy atom. The molecular weight excluding hydrogens is 528 g/mol. The average molecular weight is 561 g/mol. The standard InChI is InChI=1S/C31H33ClN4O2S/c1-5-22-10-6-7-12-27(22)35-20(2)18-24(21(35)3)30-29(26-11-8-9-15-33-26)34-31(39)36(30)23-13-14-28(25(32)19-23)38-17-16-37-4/h6-15,18-19,29-30H,5,16-17H2,1-4H3,(H,34,39)/t29-,30-/m1/s1. The van der Waals surface area contributed by atoms with Crippen LogP contribution in [0.4, 0.5) is 5.69 Å². The third-order valence-corrected chi connectivity index (χ3v) is 7.85. The van der Waals surface area contributed by atoms with Gasteiger partial charge < -0.3 is 24.3 Å². The molecule has 1 saturated heterocycles. The fourth-order valence-electron chi connectivity index (χ4n) is 5.43. The maximum Gasteiger partial charge on any atom is 0.174 e. The van der Waals surface area contributed by atoms with E-state index in [2.05, 4.69) is 65.9 Å². The lowest BCUT2D eigenvalue weighted by Crippen LogP contribution is -2.29. The molecular formula is C31H33ClN4O2S. The molecule has 3 heterocycles. The quantitative estimate of drug-likeness (QED) is 0.177. The van der Waals surface area contributed by atoms with E-state index in [-0.39, 0.29) is 12.1 Å². The van der Waals surface area contributed by atoms with E-state index in [1.54, 1.807) is 7.11 Å². The molecule has 5 rings (SSSR count). The summed E-state index contributed by atoms with van der Waals surface area (Å²) in [5.41, 5.74) is 7.84. The second-order valence-electron chi connectivity index (χ2n) is 9.60. The molecule has 2 aromatic carbocycles. The van der Waals surface area contributed by atoms with Crippen molar-refractivity contribution in [1.29, 1.82) is 0 Å². The van der Waals surface area contributed by atoms with Gasteiger partial charge in [0.05, 0.1) is 29.4 Å². The van der Waals surface area contributed by atoms with Crippen LogP contribution in [-0.2, 0) is 11.2 Å². The summed E-state index contributed by atoms with van der Waals surface area (Å²) in [6, 6.07) is 22.4. The van der Waals surface area contributed by atoms with Crippen LogP contribution in [-0.4, -0.2) is 35.0 Å². The van der Waals surface area contributed by atoms with Crippen LogP contribution in [0.1, 0.15) is 47.2 Å². The molecule has 1 aliphatic heterocycles. The number of benzene rings is 2. The fourth-order valence-corrected chi connectivity index (χ4v) is 6.00. The van der Waals surface area contributed by atoms with Crippen molar-refractivity contribution >= 4 is 34.6 Å². The summed E-state index contributed by atoms with van der Waals surface area (Å²) in [5, 5.41) is 4.70. The van der Waals surface area contributed by atoms with E-state index in [0.717, 1.165) is 17.8 Å². The van der Waals surface area contributed by atoms with Gasteiger partial charge in [-0.3, -0.25) is 4.98 Å². The molecule has 8 heteroatoms. The van der Waals surface area contributed by atoms with E-state index in [0.29, 0.717) is 29.1 Å². The summed E-state index contributed by atoms with van der Waals surface area (Å²) in [6.07, 6.45) is 2.78. The lowest BCUT2D eigenvalue weighted by molar-refractivity contribution is 0.146. The minimum atomic E-state index is -0.148. The zero-order valence-corrected chi connectivity index (χ0v) is 24.2. The van der Waals surface area contributed by atoms with Crippen molar-refractivity contribution < 1.29 is 9.47 Å². The lowest BCUT2D eigenvalue weighted by atomic mass is 9.96. The first-order chi connectivity index (χ1) is 18.9. The molecule has 0 radical (unpaired) electrons. The molecule has 0 aliphatic carbocycles. The lowest BCUT2D eigenvalue weighted by Gasteiger charge is -2.28. The SMILES string of the molecule is CCc1ccccc1-n1c(C)cc([C@@H]2[C@@H](c3ccccn3)NC(=S)N2c2ccc(OCCOC)c(Cl)c2)c1C. The number of hydrogen-bond acceptors (Lipinski definition) is 4. The molecule has 1 N–H and O–H groups in total. The van der Waals surface area contributed by atoms with Gasteiger partial charge in [0.25, 0.3) is 0 Å². The number of halogens is 1. The molecule has 0 unspecified atom stereocenters. The summed E-state index contributed by atoms with van der Waals surface area (Å²) < 4.78 is 13.2. The first-order valence-corrected chi connectivity index (χ1v) is 13.9. The highest BCUT2D eigenvalue weighted by Gasteiger charge is 2.42. The van der Waals surface area contributed by atoms with Crippen molar-refractivity contribution in [3.8, 4) is 11.4 Å². The highest BCUT2D eigenvalue weighted by Crippen LogP contribution is 2.45. The summed E-state index contributed by atoms with van der Waals surface area (Å²) in [5.74, 6) is 0.614. The van der Waals surface area contributed by atoms with Gasteiger partial charge >= 0.3 is 0 Å². The topological polar surface area (TPSA) is 51.6 Å². The van der Waals surface area contributed by atoms with Crippen molar-refractivity contribution in [1.82, 2.24) is 14.9 Å². The Labute approximate surface area is 240 Å². The second kappa shape index (κ2) is 11.8. The molecule has 0 spiro atoms. The van der Waals surface area contributed by atoms with Gasteiger partial charge in [-0.25, -0.2) is 0 Å². The van der Waals surface area contributed by atoms with Crippen LogP contribution in [0.2, 0.25) is 5.02 Å². The Bertz CT molecular complexity index is 1470. The Balaban J connectivity index is 1.62. The normalized spacial score (nSPS) is 16.9. The number of thiocarbonyl (C=S) groups is 1. The van der Waals surface area contributed by atoms with Crippen molar-refractivity contribution in [2.24, 2.45) is 0 Å². The van der Waals surface area contributed by atoms with E-state index < -0.39 is 0 Å². The number of nitrogens with one attached hydrogen (secondary N) is 1. The van der Waals surface area contributed by atoms with Gasteiger partial charge in [-0.15, -0.1) is 0 Å². The van der Waals surface area contributed by atoms with E-state index in [1.807, 2.05) is 42.6 Å². The molecule has 202 valence electrons. The van der Waals surface area contributed by atoms with Crippen LogP contribution >= 0.6 is 23.8 Å². The molecule has 1 fully saturated rings. The third kappa shape index (κ3) is 5.26. The smallest absolute Gasteiger partial charge is 0.174 e. The van der Waals surface area contributed by atoms with E-state index in [9.17, 15) is 0 Å². The summed E-state index contributed by atoms with van der Waals surface area (Å²) in [4.78, 5) is 6.85. The third-order valence-electron chi connectivity index (χ3n) is 7.24. The molecule has 1 aliphatic rings. The maximum atomic E-state index is 6.68. The van der Waals surface area contributed by atoms with E-state index in [4.69, 9.17) is 38.3 Å². The number of rotatable bonds is 9. The molecule has 2 aromatic heterocycles. The van der Waals surface area contributed by atoms with Crippen LogP contribution in [0.25, 0.3) is 5.69 Å². The molecule has 2 atom stereocenters. The maximum absolute atomic E-state index is 6.68. The molecule has 0 amide bonds. The number of anilines is 1. The number of ether oxygens (including phenoxy) is 2. The van der Waals surface area contributed by atoms with Crippen LogP contribution in [0, 0.1) is 13.8 Å². The highest BCUT2D eigenvalue weighted by molar-refractivity contribution is 7.80. The number of aromatic nitrogens is 2. The minimum Gasteiger partial charge on any atom is -0.490 e. The largest absolute Gasteiger partial charge is 0.490 e. The number of methoxy groups -OCH3 is 1. The number of aryl methyl sites for hydroxylation is 2. The molecule has 0 saturated carbocycles. The van der Waals surface area contributed by atoms with Crippen molar-refractivity contribution in [3.63, 3.8) is 0 Å². The van der Waals surface area contributed by atoms with Crippen LogP contribution in [0.3, 0.4) is 0 Å². The van der Waals surface area contributed by atoms with Gasteiger partial charge in [0.15, 0.2) is 5.11 Å². The van der Waals surface area contributed by atoms with Crippen LogP contribution in [0.15, 0.2) is 72.9 Å². The zero-order chi connectivity index (χ0) is 27.5. The minimum absolute atomic E-state index is 0.141. The first kappa shape index (κ1) is 27.2. The van der Waals surface area contributed by atoms with Gasteiger partial charge in [0.1, 0.15) is 12.4 Å². The number of nitrogens with zero attached hydrogens (tertiary/aromatic N) is 3. The summed E-state index contributed by atoms with van der Waals surface area (Å²) in [6.45, 7) is 7.45.